The van der Waals surface area contributed by atoms with E-state index in [1.165, 1.54) is 0 Å². The molecule has 0 N–H and O–H groups in total. The molecule has 3 aromatic rings. The minimum absolute atomic E-state index is 0.202. The zero-order valence-electron chi connectivity index (χ0n) is 22.3. The number of aryl methyl sites for hydroxylation is 4. The Balaban J connectivity index is 1.41. The number of benzene rings is 3. The third-order valence-electron chi connectivity index (χ3n) is 7.15. The highest BCUT2D eigenvalue weighted by molar-refractivity contribution is 5.90. The first kappa shape index (κ1) is 26.2. The van der Waals surface area contributed by atoms with Gasteiger partial charge in [-0.15, -0.1) is 0 Å². The lowest BCUT2D eigenvalue weighted by atomic mass is 9.87. The molecule has 190 valence electrons. The van der Waals surface area contributed by atoms with Gasteiger partial charge < -0.3 is 9.47 Å². The minimum Gasteiger partial charge on any atom is -0.458 e. The van der Waals surface area contributed by atoms with E-state index in [2.05, 4.69) is 19.1 Å². The van der Waals surface area contributed by atoms with Gasteiger partial charge in [0.1, 0.15) is 13.2 Å². The van der Waals surface area contributed by atoms with Crippen LogP contribution in [-0.2, 0) is 16.1 Å². The van der Waals surface area contributed by atoms with E-state index in [1.54, 1.807) is 6.07 Å². The van der Waals surface area contributed by atoms with Crippen LogP contribution in [0.3, 0.4) is 0 Å². The molecule has 0 amide bonds. The SMILES string of the molecule is Cc1ccc(C(=O)OCC2=CC(c3cccc(COC(=O)c4ccc(C)c(C)c4)c3)=CCC2C)cc1C. The Morgan fingerprint density at radius 2 is 1.35 bits per heavy atom. The number of carbonyl (C=O) groups is 2. The lowest BCUT2D eigenvalue weighted by Crippen LogP contribution is -2.14. The van der Waals surface area contributed by atoms with Gasteiger partial charge in [0, 0.05) is 0 Å². The van der Waals surface area contributed by atoms with Crippen molar-refractivity contribution in [3.8, 4) is 0 Å². The molecule has 0 spiro atoms. The summed E-state index contributed by atoms with van der Waals surface area (Å²) in [5.74, 6) is -0.342. The number of esters is 2. The van der Waals surface area contributed by atoms with E-state index in [1.807, 2.05) is 82.3 Å². The number of carbonyl (C=O) groups excluding carboxylic acids is 2. The molecule has 1 atom stereocenters. The first-order valence-electron chi connectivity index (χ1n) is 12.7. The zero-order valence-corrected chi connectivity index (χ0v) is 22.3. The predicted molar refractivity (Wildman–Crippen MR) is 148 cm³/mol. The summed E-state index contributed by atoms with van der Waals surface area (Å²) < 4.78 is 11.3. The highest BCUT2D eigenvalue weighted by Crippen LogP contribution is 2.30. The molecule has 0 fully saturated rings. The molecule has 4 heteroatoms. The van der Waals surface area contributed by atoms with E-state index in [4.69, 9.17) is 9.47 Å². The Bertz CT molecular complexity index is 1390. The second kappa shape index (κ2) is 11.4. The molecule has 4 rings (SSSR count). The van der Waals surface area contributed by atoms with E-state index in [0.29, 0.717) is 17.0 Å². The average Bonchev–Trinajstić information content (AvgIpc) is 2.90. The highest BCUT2D eigenvalue weighted by atomic mass is 16.5. The molecule has 37 heavy (non-hydrogen) atoms. The van der Waals surface area contributed by atoms with Gasteiger partial charge in [-0.05, 0) is 115 Å². The molecule has 3 aromatic carbocycles. The number of rotatable bonds is 7. The Hall–Kier alpha value is -3.92. The molecular weight excluding hydrogens is 460 g/mol. The quantitative estimate of drug-likeness (QED) is 0.319. The van der Waals surface area contributed by atoms with Crippen LogP contribution in [0.25, 0.3) is 5.57 Å². The van der Waals surface area contributed by atoms with Crippen LogP contribution < -0.4 is 0 Å². The van der Waals surface area contributed by atoms with Crippen LogP contribution in [0.15, 0.2) is 78.4 Å². The van der Waals surface area contributed by atoms with Crippen molar-refractivity contribution in [1.82, 2.24) is 0 Å². The molecule has 0 aromatic heterocycles. The fourth-order valence-electron chi connectivity index (χ4n) is 4.28. The van der Waals surface area contributed by atoms with Gasteiger partial charge in [-0.25, -0.2) is 9.59 Å². The van der Waals surface area contributed by atoms with E-state index in [9.17, 15) is 9.59 Å². The highest BCUT2D eigenvalue weighted by Gasteiger charge is 2.18. The second-order valence-electron chi connectivity index (χ2n) is 9.97. The molecule has 0 aliphatic heterocycles. The van der Waals surface area contributed by atoms with E-state index < -0.39 is 0 Å². The third-order valence-corrected chi connectivity index (χ3v) is 7.15. The van der Waals surface area contributed by atoms with Crippen molar-refractivity contribution in [2.24, 2.45) is 5.92 Å². The molecular formula is C33H34O4. The fourth-order valence-corrected chi connectivity index (χ4v) is 4.28. The van der Waals surface area contributed by atoms with Gasteiger partial charge in [-0.1, -0.05) is 49.4 Å². The predicted octanol–water partition coefficient (Wildman–Crippen LogP) is 7.48. The smallest absolute Gasteiger partial charge is 0.338 e. The van der Waals surface area contributed by atoms with Gasteiger partial charge in [0.05, 0.1) is 11.1 Å². The third kappa shape index (κ3) is 6.45. The van der Waals surface area contributed by atoms with Crippen molar-refractivity contribution >= 4 is 17.5 Å². The van der Waals surface area contributed by atoms with Crippen LogP contribution in [0.1, 0.15) is 67.4 Å². The second-order valence-corrected chi connectivity index (χ2v) is 9.97. The first-order valence-corrected chi connectivity index (χ1v) is 12.7. The van der Waals surface area contributed by atoms with E-state index in [-0.39, 0.29) is 25.2 Å². The molecule has 0 radical (unpaired) electrons. The molecule has 4 nitrogen and oxygen atoms in total. The molecule has 0 heterocycles. The Morgan fingerprint density at radius 3 is 1.95 bits per heavy atom. The van der Waals surface area contributed by atoms with Gasteiger partial charge in [0.2, 0.25) is 0 Å². The van der Waals surface area contributed by atoms with Crippen molar-refractivity contribution in [2.75, 3.05) is 6.61 Å². The summed E-state index contributed by atoms with van der Waals surface area (Å²) in [6, 6.07) is 19.3. The van der Waals surface area contributed by atoms with Crippen molar-refractivity contribution in [1.29, 1.82) is 0 Å². The maximum Gasteiger partial charge on any atom is 0.338 e. The van der Waals surface area contributed by atoms with Crippen LogP contribution >= 0.6 is 0 Å². The van der Waals surface area contributed by atoms with Crippen LogP contribution in [0.5, 0.6) is 0 Å². The monoisotopic (exact) mass is 494 g/mol. The largest absolute Gasteiger partial charge is 0.458 e. The Kier molecular flexibility index (Phi) is 8.08. The molecule has 1 unspecified atom stereocenters. The lowest BCUT2D eigenvalue weighted by Gasteiger charge is -2.21. The van der Waals surface area contributed by atoms with Crippen molar-refractivity contribution in [3.05, 3.63) is 123 Å². The molecule has 0 saturated carbocycles. The lowest BCUT2D eigenvalue weighted by molar-refractivity contribution is 0.0471. The molecule has 1 aliphatic carbocycles. The fraction of sp³-hybridized carbons (Fsp3) is 0.273. The summed E-state index contributed by atoms with van der Waals surface area (Å²) in [6.07, 6.45) is 5.19. The molecule has 1 aliphatic rings. The van der Waals surface area contributed by atoms with Crippen LogP contribution in [0.2, 0.25) is 0 Å². The van der Waals surface area contributed by atoms with Crippen LogP contribution in [0, 0.1) is 33.6 Å². The summed E-state index contributed by atoms with van der Waals surface area (Å²) in [6.45, 7) is 10.6. The average molecular weight is 495 g/mol. The Morgan fingerprint density at radius 1 is 0.757 bits per heavy atom. The van der Waals surface area contributed by atoms with Gasteiger partial charge in [-0.2, -0.15) is 0 Å². The van der Waals surface area contributed by atoms with Gasteiger partial charge >= 0.3 is 11.9 Å². The summed E-state index contributed by atoms with van der Waals surface area (Å²) >= 11 is 0. The zero-order chi connectivity index (χ0) is 26.5. The number of hydrogen-bond donors (Lipinski definition) is 0. The van der Waals surface area contributed by atoms with Gasteiger partial charge in [0.25, 0.3) is 0 Å². The van der Waals surface area contributed by atoms with Crippen LogP contribution in [-0.4, -0.2) is 18.5 Å². The van der Waals surface area contributed by atoms with Crippen molar-refractivity contribution < 1.29 is 19.1 Å². The Labute approximate surface area is 219 Å². The number of hydrogen-bond acceptors (Lipinski definition) is 4. The standard InChI is InChI=1S/C33H34O4/c1-21-9-13-29(15-24(21)4)32(34)36-19-26-7-6-8-27(17-26)28-12-11-23(3)31(18-28)20-37-33(35)30-14-10-22(2)25(5)16-30/h6-10,12-18,23H,11,19-20H2,1-5H3. The summed E-state index contributed by atoms with van der Waals surface area (Å²) in [7, 11) is 0. The van der Waals surface area contributed by atoms with E-state index in [0.717, 1.165) is 50.9 Å². The maximum atomic E-state index is 12.6. The van der Waals surface area contributed by atoms with E-state index >= 15 is 0 Å². The topological polar surface area (TPSA) is 52.6 Å². The summed E-state index contributed by atoms with van der Waals surface area (Å²) in [4.78, 5) is 25.1. The number of allylic oxidation sites excluding steroid dienone is 3. The van der Waals surface area contributed by atoms with Gasteiger partial charge in [-0.3, -0.25) is 0 Å². The maximum absolute atomic E-state index is 12.6. The van der Waals surface area contributed by atoms with Crippen LogP contribution in [0.4, 0.5) is 0 Å². The normalized spacial score (nSPS) is 15.0. The summed E-state index contributed by atoms with van der Waals surface area (Å²) in [5, 5.41) is 0. The first-order chi connectivity index (χ1) is 17.7. The summed E-state index contributed by atoms with van der Waals surface area (Å²) in [5.41, 5.74) is 9.71. The minimum atomic E-state index is -0.327. The number of ether oxygens (including phenoxy) is 2. The van der Waals surface area contributed by atoms with Crippen molar-refractivity contribution in [2.45, 2.75) is 47.6 Å². The molecule has 0 saturated heterocycles. The van der Waals surface area contributed by atoms with Gasteiger partial charge in [0.15, 0.2) is 0 Å². The molecule has 0 bridgehead atoms. The van der Waals surface area contributed by atoms with Crippen molar-refractivity contribution in [3.63, 3.8) is 0 Å².